The maximum atomic E-state index is 11.2. The molecule has 1 atom stereocenters. The van der Waals surface area contributed by atoms with Crippen molar-refractivity contribution in [1.82, 2.24) is 20.2 Å². The van der Waals surface area contributed by atoms with Crippen molar-refractivity contribution in [3.05, 3.63) is 35.5 Å². The van der Waals surface area contributed by atoms with Gasteiger partial charge in [-0.3, -0.25) is 0 Å². The van der Waals surface area contributed by atoms with Gasteiger partial charge >= 0.3 is 5.97 Å². The molecule has 0 saturated heterocycles. The molecule has 0 spiro atoms. The van der Waals surface area contributed by atoms with Crippen molar-refractivity contribution in [2.24, 2.45) is 0 Å². The Morgan fingerprint density at radius 3 is 2.95 bits per heavy atom. The molecule has 2 aromatic rings. The lowest BCUT2D eigenvalue weighted by Gasteiger charge is -2.24. The molecule has 2 N–H and O–H groups in total. The number of aliphatic carboxylic acids is 1. The van der Waals surface area contributed by atoms with Crippen molar-refractivity contribution < 1.29 is 19.4 Å². The summed E-state index contributed by atoms with van der Waals surface area (Å²) >= 11 is 0. The number of fused-ring (bicyclic) bond motifs is 2. The molecule has 1 unspecified atom stereocenters. The van der Waals surface area contributed by atoms with Gasteiger partial charge in [0.25, 0.3) is 0 Å². The van der Waals surface area contributed by atoms with E-state index in [9.17, 15) is 9.90 Å². The molecule has 1 aromatic heterocycles. The summed E-state index contributed by atoms with van der Waals surface area (Å²) in [6.45, 7) is 0.995. The summed E-state index contributed by atoms with van der Waals surface area (Å²) in [5, 5.41) is 23.1. The number of hydrogen-bond acceptors (Lipinski definition) is 7. The molecule has 2 aliphatic rings. The fourth-order valence-corrected chi connectivity index (χ4v) is 2.46. The average Bonchev–Trinajstić information content (AvgIpc) is 3.02. The number of carboxylic acids is 1. The molecular formula is C13H11N5O4. The van der Waals surface area contributed by atoms with E-state index in [4.69, 9.17) is 9.47 Å². The Bertz CT molecular complexity index is 784. The topological polar surface area (TPSA) is 111 Å². The highest BCUT2D eigenvalue weighted by molar-refractivity contribution is 5.90. The first kappa shape index (κ1) is 12.6. The Labute approximate surface area is 124 Å². The normalized spacial score (nSPS) is 18.9. The minimum atomic E-state index is -1.07. The Kier molecular flexibility index (Phi) is 2.71. The van der Waals surface area contributed by atoms with E-state index in [1.165, 1.54) is 4.68 Å². The van der Waals surface area contributed by atoms with Gasteiger partial charge < -0.3 is 19.9 Å². The van der Waals surface area contributed by atoms with Gasteiger partial charge in [-0.05, 0) is 34.2 Å². The summed E-state index contributed by atoms with van der Waals surface area (Å²) < 4.78 is 12.6. The lowest BCUT2D eigenvalue weighted by atomic mass is 10.0. The third-order valence-electron chi connectivity index (χ3n) is 3.47. The van der Waals surface area contributed by atoms with E-state index in [0.717, 1.165) is 5.56 Å². The molecule has 1 aromatic carbocycles. The standard InChI is InChI=1S/C13H11N5O4/c19-12(20)8-6-9(18-13(14-8)15-16-17-18)7-1-2-10-11(5-7)22-4-3-21-10/h1-2,5-6,9H,3-4H2,(H,19,20)(H,14,15,17). The highest BCUT2D eigenvalue weighted by Crippen LogP contribution is 2.35. The zero-order valence-electron chi connectivity index (χ0n) is 11.3. The number of carbonyl (C=O) groups is 1. The molecule has 9 nitrogen and oxygen atoms in total. The maximum absolute atomic E-state index is 11.2. The Balaban J connectivity index is 1.79. The van der Waals surface area contributed by atoms with Crippen LogP contribution < -0.4 is 14.8 Å². The quantitative estimate of drug-likeness (QED) is 0.821. The second-order valence-electron chi connectivity index (χ2n) is 4.81. The van der Waals surface area contributed by atoms with E-state index >= 15 is 0 Å². The van der Waals surface area contributed by atoms with Gasteiger partial charge in [0, 0.05) is 0 Å². The predicted octanol–water partition coefficient (Wildman–Crippen LogP) is 0.428. The van der Waals surface area contributed by atoms with E-state index in [-0.39, 0.29) is 11.6 Å². The van der Waals surface area contributed by atoms with Crippen LogP contribution in [-0.2, 0) is 4.79 Å². The van der Waals surface area contributed by atoms with Crippen LogP contribution in [0.25, 0.3) is 0 Å². The van der Waals surface area contributed by atoms with E-state index in [1.807, 2.05) is 12.1 Å². The third kappa shape index (κ3) is 1.94. The smallest absolute Gasteiger partial charge is 0.352 e. The van der Waals surface area contributed by atoms with Crippen molar-refractivity contribution in [2.45, 2.75) is 6.04 Å². The third-order valence-corrected chi connectivity index (χ3v) is 3.47. The van der Waals surface area contributed by atoms with E-state index in [0.29, 0.717) is 24.7 Å². The van der Waals surface area contributed by atoms with Gasteiger partial charge in [-0.25, -0.2) is 4.79 Å². The van der Waals surface area contributed by atoms with Crippen LogP contribution in [0.15, 0.2) is 30.0 Å². The number of nitrogens with zero attached hydrogens (tertiary/aromatic N) is 4. The summed E-state index contributed by atoms with van der Waals surface area (Å²) in [5.41, 5.74) is 0.834. The van der Waals surface area contributed by atoms with E-state index < -0.39 is 12.0 Å². The van der Waals surface area contributed by atoms with Crippen LogP contribution in [0.5, 0.6) is 11.5 Å². The summed E-state index contributed by atoms with van der Waals surface area (Å²) in [6.07, 6.45) is 1.55. The first-order valence-electron chi connectivity index (χ1n) is 6.62. The minimum Gasteiger partial charge on any atom is -0.486 e. The second kappa shape index (κ2) is 4.72. The van der Waals surface area contributed by atoms with Gasteiger partial charge in [0.1, 0.15) is 25.0 Å². The number of hydrogen-bond donors (Lipinski definition) is 2. The highest BCUT2D eigenvalue weighted by Gasteiger charge is 2.27. The van der Waals surface area contributed by atoms with Crippen LogP contribution in [-0.4, -0.2) is 44.5 Å². The summed E-state index contributed by atoms with van der Waals surface area (Å²) in [6, 6.07) is 5.01. The second-order valence-corrected chi connectivity index (χ2v) is 4.81. The number of anilines is 1. The zero-order chi connectivity index (χ0) is 15.1. The maximum Gasteiger partial charge on any atom is 0.352 e. The molecule has 3 heterocycles. The zero-order valence-corrected chi connectivity index (χ0v) is 11.3. The number of nitrogens with one attached hydrogen (secondary N) is 1. The fourth-order valence-electron chi connectivity index (χ4n) is 2.46. The molecule has 9 heteroatoms. The van der Waals surface area contributed by atoms with Crippen molar-refractivity contribution in [1.29, 1.82) is 0 Å². The molecule has 0 aliphatic carbocycles. The van der Waals surface area contributed by atoms with E-state index in [1.54, 1.807) is 12.1 Å². The molecule has 22 heavy (non-hydrogen) atoms. The van der Waals surface area contributed by atoms with Crippen LogP contribution in [0.3, 0.4) is 0 Å². The average molecular weight is 301 g/mol. The summed E-state index contributed by atoms with van der Waals surface area (Å²) in [4.78, 5) is 11.2. The number of carboxylic acid groups (broad SMARTS) is 1. The molecular weight excluding hydrogens is 290 g/mol. The van der Waals surface area contributed by atoms with Crippen LogP contribution in [0.1, 0.15) is 11.6 Å². The molecule has 0 amide bonds. The van der Waals surface area contributed by atoms with Gasteiger partial charge in [0.05, 0.1) is 0 Å². The van der Waals surface area contributed by atoms with Gasteiger partial charge in [0.2, 0.25) is 5.95 Å². The summed E-state index contributed by atoms with van der Waals surface area (Å²) in [5.74, 6) is 0.502. The highest BCUT2D eigenvalue weighted by atomic mass is 16.6. The first-order chi connectivity index (χ1) is 10.7. The van der Waals surface area contributed by atoms with Crippen molar-refractivity contribution in [3.8, 4) is 11.5 Å². The van der Waals surface area contributed by atoms with E-state index in [2.05, 4.69) is 20.8 Å². The largest absolute Gasteiger partial charge is 0.486 e. The molecule has 0 fully saturated rings. The monoisotopic (exact) mass is 301 g/mol. The molecule has 0 saturated carbocycles. The lowest BCUT2D eigenvalue weighted by molar-refractivity contribution is -0.132. The van der Waals surface area contributed by atoms with Crippen LogP contribution >= 0.6 is 0 Å². The van der Waals surface area contributed by atoms with Crippen LogP contribution in [0, 0.1) is 0 Å². The van der Waals surface area contributed by atoms with Gasteiger partial charge in [-0.1, -0.05) is 11.2 Å². The number of ether oxygens (including phenoxy) is 2. The molecule has 4 rings (SSSR count). The molecule has 0 radical (unpaired) electrons. The Morgan fingerprint density at radius 2 is 2.14 bits per heavy atom. The van der Waals surface area contributed by atoms with Crippen LogP contribution in [0.4, 0.5) is 5.95 Å². The Morgan fingerprint density at radius 1 is 1.32 bits per heavy atom. The fraction of sp³-hybridized carbons (Fsp3) is 0.231. The molecule has 112 valence electrons. The van der Waals surface area contributed by atoms with Crippen molar-refractivity contribution in [2.75, 3.05) is 18.5 Å². The van der Waals surface area contributed by atoms with Crippen molar-refractivity contribution in [3.63, 3.8) is 0 Å². The number of benzene rings is 1. The van der Waals surface area contributed by atoms with Gasteiger partial charge in [0.15, 0.2) is 11.5 Å². The minimum absolute atomic E-state index is 0.0298. The Hall–Kier alpha value is -3.10. The number of tetrazole rings is 1. The van der Waals surface area contributed by atoms with Gasteiger partial charge in [-0.15, -0.1) is 0 Å². The number of allylic oxidation sites excluding steroid dienone is 1. The number of aromatic nitrogens is 4. The van der Waals surface area contributed by atoms with Crippen LogP contribution in [0.2, 0.25) is 0 Å². The number of rotatable bonds is 2. The van der Waals surface area contributed by atoms with Crippen molar-refractivity contribution >= 4 is 11.9 Å². The molecule has 0 bridgehead atoms. The molecule has 2 aliphatic heterocycles. The predicted molar refractivity (Wildman–Crippen MR) is 72.7 cm³/mol. The lowest BCUT2D eigenvalue weighted by Crippen LogP contribution is -2.24. The summed E-state index contributed by atoms with van der Waals surface area (Å²) in [7, 11) is 0. The SMILES string of the molecule is O=C(O)C1=CC(c2ccc3c(c2)OCCO3)n2nnnc2N1. The van der Waals surface area contributed by atoms with Gasteiger partial charge in [-0.2, -0.15) is 4.68 Å². The first-order valence-corrected chi connectivity index (χ1v) is 6.62.